The molecule has 0 aromatic heterocycles. The Labute approximate surface area is 125 Å². The average molecular weight is 286 g/mol. The summed E-state index contributed by atoms with van der Waals surface area (Å²) in [6, 6.07) is 7.99. The number of rotatable bonds is 4. The van der Waals surface area contributed by atoms with E-state index in [9.17, 15) is 4.79 Å². The average Bonchev–Trinajstić information content (AvgIpc) is 2.54. The smallest absolute Gasteiger partial charge is 0.244 e. The number of benzene rings is 1. The van der Waals surface area contributed by atoms with Gasteiger partial charge in [0.15, 0.2) is 0 Å². The van der Waals surface area contributed by atoms with Crippen LogP contribution in [0, 0.1) is 5.92 Å². The van der Waals surface area contributed by atoms with E-state index in [0.29, 0.717) is 12.0 Å². The van der Waals surface area contributed by atoms with Crippen molar-refractivity contribution in [2.24, 2.45) is 5.92 Å². The molecule has 1 aromatic carbocycles. The maximum absolute atomic E-state index is 12.0. The summed E-state index contributed by atoms with van der Waals surface area (Å²) in [5, 5.41) is 3.15. The zero-order chi connectivity index (χ0) is 14.7. The van der Waals surface area contributed by atoms with E-state index >= 15 is 0 Å². The molecule has 3 saturated heterocycles. The number of carbonyl (C=O) groups is 1. The maximum atomic E-state index is 12.0. The SMILES string of the molecule is COc1ccc(/C=C/C(=O)N[C@H]2CN3CCC2CC3)cc1. The minimum absolute atomic E-state index is 0.00423. The Kier molecular flexibility index (Phi) is 4.25. The summed E-state index contributed by atoms with van der Waals surface area (Å²) in [7, 11) is 1.65. The van der Waals surface area contributed by atoms with Crippen LogP contribution in [0.15, 0.2) is 30.3 Å². The van der Waals surface area contributed by atoms with Crippen LogP contribution in [-0.4, -0.2) is 43.6 Å². The minimum Gasteiger partial charge on any atom is -0.497 e. The molecule has 0 radical (unpaired) electrons. The van der Waals surface area contributed by atoms with Gasteiger partial charge in [0.1, 0.15) is 5.75 Å². The first-order valence-corrected chi connectivity index (χ1v) is 7.59. The molecule has 1 atom stereocenters. The standard InChI is InChI=1S/C17H22N2O2/c1-21-15-5-2-13(3-6-15)4-7-17(20)18-16-12-19-10-8-14(16)9-11-19/h2-7,14,16H,8-12H2,1H3,(H,18,20)/b7-4+/t16-/m0/s1. The lowest BCUT2D eigenvalue weighted by molar-refractivity contribution is -0.118. The highest BCUT2D eigenvalue weighted by Crippen LogP contribution is 2.27. The van der Waals surface area contributed by atoms with Crippen LogP contribution in [0.1, 0.15) is 18.4 Å². The van der Waals surface area contributed by atoms with Gasteiger partial charge in [-0.25, -0.2) is 0 Å². The zero-order valence-corrected chi connectivity index (χ0v) is 12.4. The first kappa shape index (κ1) is 14.1. The molecule has 2 bridgehead atoms. The molecule has 1 N–H and O–H groups in total. The normalized spacial score (nSPS) is 27.8. The summed E-state index contributed by atoms with van der Waals surface area (Å²) in [6.07, 6.45) is 5.90. The third-order valence-corrected chi connectivity index (χ3v) is 4.53. The lowest BCUT2D eigenvalue weighted by Gasteiger charge is -2.44. The molecule has 0 saturated carbocycles. The summed E-state index contributed by atoms with van der Waals surface area (Å²) in [5.74, 6) is 1.49. The summed E-state index contributed by atoms with van der Waals surface area (Å²) in [6.45, 7) is 3.39. The molecule has 21 heavy (non-hydrogen) atoms. The van der Waals surface area contributed by atoms with Gasteiger partial charge in [0.25, 0.3) is 0 Å². The van der Waals surface area contributed by atoms with Crippen LogP contribution in [0.3, 0.4) is 0 Å². The summed E-state index contributed by atoms with van der Waals surface area (Å²) >= 11 is 0. The Morgan fingerprint density at radius 3 is 2.57 bits per heavy atom. The van der Waals surface area contributed by atoms with Crippen molar-refractivity contribution < 1.29 is 9.53 Å². The second-order valence-electron chi connectivity index (χ2n) is 5.86. The summed E-state index contributed by atoms with van der Waals surface area (Å²) in [5.41, 5.74) is 1.000. The van der Waals surface area contributed by atoms with Crippen LogP contribution in [0.5, 0.6) is 5.75 Å². The molecule has 1 aromatic rings. The fourth-order valence-corrected chi connectivity index (χ4v) is 3.25. The molecule has 4 heteroatoms. The highest BCUT2D eigenvalue weighted by atomic mass is 16.5. The van der Waals surface area contributed by atoms with Gasteiger partial charge in [-0.2, -0.15) is 0 Å². The number of carbonyl (C=O) groups excluding carboxylic acids is 1. The van der Waals surface area contributed by atoms with E-state index in [2.05, 4.69) is 10.2 Å². The molecule has 0 aliphatic carbocycles. The number of nitrogens with zero attached hydrogens (tertiary/aromatic N) is 1. The van der Waals surface area contributed by atoms with E-state index in [1.54, 1.807) is 13.2 Å². The van der Waals surface area contributed by atoms with Gasteiger partial charge in [0, 0.05) is 18.7 Å². The summed E-state index contributed by atoms with van der Waals surface area (Å²) in [4.78, 5) is 14.5. The van der Waals surface area contributed by atoms with E-state index in [1.807, 2.05) is 30.3 Å². The number of piperidine rings is 3. The van der Waals surface area contributed by atoms with Crippen LogP contribution in [0.25, 0.3) is 6.08 Å². The molecule has 0 spiro atoms. The second-order valence-corrected chi connectivity index (χ2v) is 5.86. The van der Waals surface area contributed by atoms with Gasteiger partial charge >= 0.3 is 0 Å². The Hall–Kier alpha value is -1.81. The highest BCUT2D eigenvalue weighted by molar-refractivity contribution is 5.92. The number of fused-ring (bicyclic) bond motifs is 3. The number of ether oxygens (including phenoxy) is 1. The van der Waals surface area contributed by atoms with Crippen molar-refractivity contribution in [2.45, 2.75) is 18.9 Å². The molecular weight excluding hydrogens is 264 g/mol. The predicted octanol–water partition coefficient (Wildman–Crippen LogP) is 1.92. The Balaban J connectivity index is 1.54. The fourth-order valence-electron chi connectivity index (χ4n) is 3.25. The zero-order valence-electron chi connectivity index (χ0n) is 12.4. The van der Waals surface area contributed by atoms with E-state index in [0.717, 1.165) is 17.9 Å². The van der Waals surface area contributed by atoms with Gasteiger partial charge in [-0.15, -0.1) is 0 Å². The van der Waals surface area contributed by atoms with Crippen LogP contribution in [-0.2, 0) is 4.79 Å². The molecule has 3 aliphatic rings. The molecule has 1 amide bonds. The Bertz CT molecular complexity index is 516. The monoisotopic (exact) mass is 286 g/mol. The molecule has 3 fully saturated rings. The second kappa shape index (κ2) is 6.31. The molecule has 0 unspecified atom stereocenters. The van der Waals surface area contributed by atoms with Gasteiger partial charge in [-0.3, -0.25) is 4.79 Å². The quantitative estimate of drug-likeness (QED) is 0.860. The van der Waals surface area contributed by atoms with Crippen molar-refractivity contribution in [1.82, 2.24) is 10.2 Å². The molecule has 112 valence electrons. The molecular formula is C17H22N2O2. The van der Waals surface area contributed by atoms with Gasteiger partial charge < -0.3 is 15.0 Å². The van der Waals surface area contributed by atoms with E-state index in [1.165, 1.54) is 25.9 Å². The largest absolute Gasteiger partial charge is 0.497 e. The van der Waals surface area contributed by atoms with Crippen LogP contribution in [0.4, 0.5) is 0 Å². The van der Waals surface area contributed by atoms with E-state index < -0.39 is 0 Å². The highest BCUT2D eigenvalue weighted by Gasteiger charge is 2.34. The Morgan fingerprint density at radius 2 is 2.00 bits per heavy atom. The van der Waals surface area contributed by atoms with Crippen molar-refractivity contribution in [3.8, 4) is 5.75 Å². The fraction of sp³-hybridized carbons (Fsp3) is 0.471. The lowest BCUT2D eigenvalue weighted by atomic mass is 9.84. The third kappa shape index (κ3) is 3.45. The number of amides is 1. The predicted molar refractivity (Wildman–Crippen MR) is 83.1 cm³/mol. The maximum Gasteiger partial charge on any atom is 0.244 e. The van der Waals surface area contributed by atoms with Crippen LogP contribution >= 0.6 is 0 Å². The van der Waals surface area contributed by atoms with E-state index in [4.69, 9.17) is 4.74 Å². The lowest BCUT2D eigenvalue weighted by Crippen LogP contribution is -2.57. The number of hydrogen-bond acceptors (Lipinski definition) is 3. The van der Waals surface area contributed by atoms with Crippen molar-refractivity contribution in [2.75, 3.05) is 26.7 Å². The van der Waals surface area contributed by atoms with Gasteiger partial charge in [-0.1, -0.05) is 12.1 Å². The van der Waals surface area contributed by atoms with Gasteiger partial charge in [0.2, 0.25) is 5.91 Å². The van der Waals surface area contributed by atoms with Gasteiger partial charge in [0.05, 0.1) is 7.11 Å². The molecule has 3 aliphatic heterocycles. The first-order valence-electron chi connectivity index (χ1n) is 7.59. The molecule has 4 nitrogen and oxygen atoms in total. The summed E-state index contributed by atoms with van der Waals surface area (Å²) < 4.78 is 5.12. The van der Waals surface area contributed by atoms with Gasteiger partial charge in [-0.05, 0) is 55.6 Å². The topological polar surface area (TPSA) is 41.6 Å². The van der Waals surface area contributed by atoms with Crippen LogP contribution < -0.4 is 10.1 Å². The molecule has 3 heterocycles. The van der Waals surface area contributed by atoms with Crippen molar-refractivity contribution >= 4 is 12.0 Å². The van der Waals surface area contributed by atoms with E-state index in [-0.39, 0.29) is 5.91 Å². The number of nitrogens with one attached hydrogen (secondary N) is 1. The molecule has 4 rings (SSSR count). The number of hydrogen-bond donors (Lipinski definition) is 1. The first-order chi connectivity index (χ1) is 10.2. The number of methoxy groups -OCH3 is 1. The van der Waals surface area contributed by atoms with Crippen molar-refractivity contribution in [3.05, 3.63) is 35.9 Å². The van der Waals surface area contributed by atoms with Crippen molar-refractivity contribution in [3.63, 3.8) is 0 Å². The Morgan fingerprint density at radius 1 is 1.29 bits per heavy atom. The van der Waals surface area contributed by atoms with Crippen molar-refractivity contribution in [1.29, 1.82) is 0 Å². The third-order valence-electron chi connectivity index (χ3n) is 4.53. The van der Waals surface area contributed by atoms with Crippen LogP contribution in [0.2, 0.25) is 0 Å². The minimum atomic E-state index is 0.00423.